The summed E-state index contributed by atoms with van der Waals surface area (Å²) in [4.78, 5) is 72.3. The molecule has 0 aliphatic carbocycles. The number of carbonyl (C=O) groups excluding carboxylic acids is 6. The first-order chi connectivity index (χ1) is 15.1. The first kappa shape index (κ1) is 26.0. The molecule has 2 fully saturated rings. The molecule has 2 rings (SSSR count). The van der Waals surface area contributed by atoms with Gasteiger partial charge in [0.15, 0.2) is 0 Å². The Morgan fingerprint density at radius 3 is 1.79 bits per heavy atom. The number of carbonyl (C=O) groups is 6. The second-order valence-corrected chi connectivity index (χ2v) is 9.69. The molecule has 33 heavy (non-hydrogen) atoms. The maximum Gasteiger partial charge on any atom is 0.245 e. The Morgan fingerprint density at radius 2 is 1.33 bits per heavy atom. The summed E-state index contributed by atoms with van der Waals surface area (Å²) in [5.74, 6) is -2.80. The number of rotatable bonds is 9. The molecule has 2 aliphatic heterocycles. The van der Waals surface area contributed by atoms with Crippen molar-refractivity contribution in [3.63, 3.8) is 0 Å². The first-order valence-corrected chi connectivity index (χ1v) is 10.7. The van der Waals surface area contributed by atoms with Crippen molar-refractivity contribution in [3.05, 3.63) is 0 Å². The van der Waals surface area contributed by atoms with Gasteiger partial charge in [-0.3, -0.25) is 28.8 Å². The average Bonchev–Trinajstić information content (AvgIpc) is 3.14. The van der Waals surface area contributed by atoms with Crippen LogP contribution in [0.5, 0.6) is 0 Å². The molecule has 2 saturated heterocycles. The summed E-state index contributed by atoms with van der Waals surface area (Å²) in [5, 5.41) is 13.2. The van der Waals surface area contributed by atoms with E-state index < -0.39 is 58.9 Å². The summed E-state index contributed by atoms with van der Waals surface area (Å²) in [6.45, 7) is 6.02. The lowest BCUT2D eigenvalue weighted by molar-refractivity contribution is -0.133. The van der Waals surface area contributed by atoms with Crippen LogP contribution in [0.15, 0.2) is 0 Å². The van der Waals surface area contributed by atoms with Gasteiger partial charge in [0.05, 0.1) is 29.7 Å². The van der Waals surface area contributed by atoms with Crippen LogP contribution in [0.25, 0.3) is 0 Å². The molecule has 0 bridgehead atoms. The zero-order chi connectivity index (χ0) is 25.1. The van der Waals surface area contributed by atoms with Crippen LogP contribution in [0.1, 0.15) is 53.4 Å². The third kappa shape index (κ3) is 7.14. The highest BCUT2D eigenvalue weighted by Crippen LogP contribution is 2.16. The first-order valence-electron chi connectivity index (χ1n) is 10.7. The molecule has 0 aromatic heterocycles. The van der Waals surface area contributed by atoms with Gasteiger partial charge in [-0.15, -0.1) is 0 Å². The predicted octanol–water partition coefficient (Wildman–Crippen LogP) is -3.37. The van der Waals surface area contributed by atoms with E-state index in [1.54, 1.807) is 0 Å². The lowest BCUT2D eigenvalue weighted by atomic mass is 9.99. The second kappa shape index (κ2) is 9.73. The van der Waals surface area contributed by atoms with Crippen molar-refractivity contribution in [2.24, 2.45) is 11.5 Å². The molecule has 13 nitrogen and oxygen atoms in total. The van der Waals surface area contributed by atoms with Crippen molar-refractivity contribution >= 4 is 35.4 Å². The molecule has 13 heteroatoms. The van der Waals surface area contributed by atoms with Gasteiger partial charge in [-0.2, -0.15) is 0 Å². The van der Waals surface area contributed by atoms with Gasteiger partial charge < -0.3 is 38.1 Å². The Kier molecular flexibility index (Phi) is 7.68. The fourth-order valence-electron chi connectivity index (χ4n) is 3.68. The Balaban J connectivity index is 1.96. The summed E-state index contributed by atoms with van der Waals surface area (Å²) >= 11 is 0. The molecule has 2 heterocycles. The third-order valence-electron chi connectivity index (χ3n) is 5.54. The van der Waals surface area contributed by atoms with Gasteiger partial charge in [0.2, 0.25) is 35.4 Å². The fraction of sp³-hybridized carbons (Fsp3) is 0.700. The van der Waals surface area contributed by atoms with Crippen molar-refractivity contribution in [2.75, 3.05) is 0 Å². The van der Waals surface area contributed by atoms with Gasteiger partial charge in [0.1, 0.15) is 5.54 Å². The predicted molar refractivity (Wildman–Crippen MR) is 116 cm³/mol. The minimum Gasteiger partial charge on any atom is -0.370 e. The average molecular weight is 468 g/mol. The normalized spacial score (nSPS) is 25.1. The minimum atomic E-state index is -1.36. The highest BCUT2D eigenvalue weighted by atomic mass is 16.2. The van der Waals surface area contributed by atoms with Gasteiger partial charge in [0, 0.05) is 25.7 Å². The third-order valence-corrected chi connectivity index (χ3v) is 5.54. The SMILES string of the molecule is CC(C)(N)C(=O)N[C@H]1CC(=O)N[C@@H]1CC(=O)NC(C)(C)C(=O)N[C@H]1CC(=O)N[C@@H]1CC(N)=O. The molecule has 0 radical (unpaired) electrons. The highest BCUT2D eigenvalue weighted by Gasteiger charge is 2.40. The molecule has 0 aromatic carbocycles. The lowest BCUT2D eigenvalue weighted by Gasteiger charge is -2.29. The topological polar surface area (TPSA) is 215 Å². The van der Waals surface area contributed by atoms with Gasteiger partial charge in [-0.25, -0.2) is 0 Å². The summed E-state index contributed by atoms with van der Waals surface area (Å²) in [7, 11) is 0. The zero-order valence-electron chi connectivity index (χ0n) is 19.2. The molecule has 2 aliphatic rings. The fourth-order valence-corrected chi connectivity index (χ4v) is 3.68. The maximum absolute atomic E-state index is 12.8. The molecule has 4 atom stereocenters. The van der Waals surface area contributed by atoms with E-state index in [1.165, 1.54) is 27.7 Å². The number of nitrogens with two attached hydrogens (primary N) is 2. The van der Waals surface area contributed by atoms with Crippen molar-refractivity contribution in [1.29, 1.82) is 0 Å². The summed E-state index contributed by atoms with van der Waals surface area (Å²) < 4.78 is 0. The summed E-state index contributed by atoms with van der Waals surface area (Å²) in [6.07, 6.45) is -0.308. The standard InChI is InChI=1S/C20H33N7O6/c1-19(2,22)17(32)25-12-7-15(30)24-10(12)8-16(31)27-20(3,4)18(33)26-11-6-14(29)23-9(11)5-13(21)28/h9-12H,5-8,22H2,1-4H3,(H2,21,28)(H,23,29)(H,24,30)(H,25,32)(H,26,33)(H,27,31)/t9-,10-,11+,12+/m1/s1. The van der Waals surface area contributed by atoms with Crippen LogP contribution in [0.2, 0.25) is 0 Å². The highest BCUT2D eigenvalue weighted by molar-refractivity contribution is 5.93. The van der Waals surface area contributed by atoms with E-state index in [1.807, 2.05) is 0 Å². The van der Waals surface area contributed by atoms with E-state index in [2.05, 4.69) is 26.6 Å². The Hall–Kier alpha value is -3.22. The Labute approximate surface area is 191 Å². The second-order valence-electron chi connectivity index (χ2n) is 9.69. The van der Waals surface area contributed by atoms with Crippen LogP contribution in [-0.2, 0) is 28.8 Å². The maximum atomic E-state index is 12.8. The van der Waals surface area contributed by atoms with Gasteiger partial charge in [-0.1, -0.05) is 0 Å². The number of primary amides is 1. The molecule has 9 N–H and O–H groups in total. The van der Waals surface area contributed by atoms with Gasteiger partial charge in [0.25, 0.3) is 0 Å². The molecular formula is C20H33N7O6. The zero-order valence-corrected chi connectivity index (χ0v) is 19.2. The van der Waals surface area contributed by atoms with Crippen molar-refractivity contribution in [2.45, 2.75) is 88.6 Å². The smallest absolute Gasteiger partial charge is 0.245 e. The summed E-state index contributed by atoms with van der Waals surface area (Å²) in [6, 6.07) is -2.57. The van der Waals surface area contributed by atoms with Crippen molar-refractivity contribution in [3.8, 4) is 0 Å². The van der Waals surface area contributed by atoms with Crippen molar-refractivity contribution < 1.29 is 28.8 Å². The Bertz CT molecular complexity index is 850. The largest absolute Gasteiger partial charge is 0.370 e. The number of hydrogen-bond donors (Lipinski definition) is 7. The Morgan fingerprint density at radius 1 is 0.879 bits per heavy atom. The number of hydrogen-bond acceptors (Lipinski definition) is 7. The van der Waals surface area contributed by atoms with E-state index in [0.29, 0.717) is 0 Å². The van der Waals surface area contributed by atoms with E-state index in [4.69, 9.17) is 11.5 Å². The molecular weight excluding hydrogens is 434 g/mol. The molecule has 0 saturated carbocycles. The van der Waals surface area contributed by atoms with Crippen LogP contribution in [-0.4, -0.2) is 70.7 Å². The van der Waals surface area contributed by atoms with Crippen LogP contribution in [0, 0.1) is 0 Å². The van der Waals surface area contributed by atoms with Crippen LogP contribution < -0.4 is 38.1 Å². The van der Waals surface area contributed by atoms with E-state index in [0.717, 1.165) is 0 Å². The van der Waals surface area contributed by atoms with Crippen LogP contribution in [0.3, 0.4) is 0 Å². The molecule has 6 amide bonds. The van der Waals surface area contributed by atoms with Crippen LogP contribution in [0.4, 0.5) is 0 Å². The van der Waals surface area contributed by atoms with E-state index in [-0.39, 0.29) is 37.5 Å². The monoisotopic (exact) mass is 467 g/mol. The summed E-state index contributed by atoms with van der Waals surface area (Å²) in [5.41, 5.74) is 8.45. The molecule has 184 valence electrons. The van der Waals surface area contributed by atoms with Gasteiger partial charge >= 0.3 is 0 Å². The lowest BCUT2D eigenvalue weighted by Crippen LogP contribution is -2.59. The number of nitrogens with one attached hydrogen (secondary N) is 5. The minimum absolute atomic E-state index is 0.00755. The van der Waals surface area contributed by atoms with Gasteiger partial charge in [-0.05, 0) is 27.7 Å². The van der Waals surface area contributed by atoms with Crippen molar-refractivity contribution in [1.82, 2.24) is 26.6 Å². The number of amides is 6. The van der Waals surface area contributed by atoms with E-state index in [9.17, 15) is 28.8 Å². The quantitative estimate of drug-likeness (QED) is 0.182. The van der Waals surface area contributed by atoms with Crippen LogP contribution >= 0.6 is 0 Å². The van der Waals surface area contributed by atoms with E-state index >= 15 is 0 Å². The molecule has 0 unspecified atom stereocenters. The molecule has 0 spiro atoms. The molecule has 0 aromatic rings.